The predicted molar refractivity (Wildman–Crippen MR) is 278 cm³/mol. The zero-order valence-corrected chi connectivity index (χ0v) is 42.9. The Morgan fingerprint density at radius 1 is 0.469 bits per heavy atom. The molecule has 0 aromatic heterocycles. The van der Waals surface area contributed by atoms with Crippen molar-refractivity contribution >= 4 is 11.9 Å². The number of rotatable bonds is 51. The summed E-state index contributed by atoms with van der Waals surface area (Å²) in [6, 6.07) is -0.706. The van der Waals surface area contributed by atoms with Gasteiger partial charge in [0.1, 0.15) is 6.10 Å². The first kappa shape index (κ1) is 62.1. The van der Waals surface area contributed by atoms with Gasteiger partial charge in [-0.3, -0.25) is 9.59 Å². The fourth-order valence-electron chi connectivity index (χ4n) is 8.70. The number of carbonyl (C=O) groups excluding carboxylic acids is 2. The van der Waals surface area contributed by atoms with Gasteiger partial charge >= 0.3 is 5.97 Å². The van der Waals surface area contributed by atoms with Crippen LogP contribution in [0.1, 0.15) is 297 Å². The number of esters is 1. The topological polar surface area (TPSA) is 95.9 Å². The number of nitrogens with one attached hydrogen (secondary N) is 1. The number of ether oxygens (including phenoxy) is 1. The van der Waals surface area contributed by atoms with Gasteiger partial charge in [0.05, 0.1) is 25.2 Å². The van der Waals surface area contributed by atoms with Crippen LogP contribution in [0.3, 0.4) is 0 Å². The number of hydrogen-bond acceptors (Lipinski definition) is 5. The molecule has 0 saturated heterocycles. The molecule has 1 amide bonds. The Bertz CT molecular complexity index is 1060. The molecule has 0 rings (SSSR count). The summed E-state index contributed by atoms with van der Waals surface area (Å²) in [6.07, 6.45) is 62.1. The zero-order valence-electron chi connectivity index (χ0n) is 42.9. The van der Waals surface area contributed by atoms with Crippen molar-refractivity contribution in [3.8, 4) is 0 Å². The summed E-state index contributed by atoms with van der Waals surface area (Å²) in [5.74, 6) is -0.486. The number of aliphatic hydroxyl groups is 2. The van der Waals surface area contributed by atoms with Gasteiger partial charge in [-0.05, 0) is 77.0 Å². The van der Waals surface area contributed by atoms with Gasteiger partial charge in [0.2, 0.25) is 5.91 Å². The Morgan fingerprint density at radius 3 is 1.30 bits per heavy atom. The SMILES string of the molecule is CC/C=C/C/C=C/CCCCCCCCCC(=O)OC(CCCCC/C=C/CCCCCCCCC)CC(=O)NC(CO)C(O)CCCCCCCCCCCCCCCCCCC. The lowest BCUT2D eigenvalue weighted by atomic mass is 10.0. The first-order valence-corrected chi connectivity index (χ1v) is 28.2. The summed E-state index contributed by atoms with van der Waals surface area (Å²) in [5.41, 5.74) is 0. The first-order valence-electron chi connectivity index (χ1n) is 28.2. The van der Waals surface area contributed by atoms with Crippen molar-refractivity contribution in [2.45, 2.75) is 315 Å². The Kier molecular flexibility index (Phi) is 50.5. The highest BCUT2D eigenvalue weighted by atomic mass is 16.5. The van der Waals surface area contributed by atoms with Crippen LogP contribution in [0.15, 0.2) is 36.5 Å². The van der Waals surface area contributed by atoms with Gasteiger partial charge in [-0.15, -0.1) is 0 Å². The lowest BCUT2D eigenvalue weighted by molar-refractivity contribution is -0.151. The number of hydrogen-bond donors (Lipinski definition) is 3. The third-order valence-corrected chi connectivity index (χ3v) is 13.0. The van der Waals surface area contributed by atoms with Gasteiger partial charge in [-0.2, -0.15) is 0 Å². The maximum atomic E-state index is 13.2. The molecule has 3 atom stereocenters. The molecule has 0 aliphatic rings. The van der Waals surface area contributed by atoms with Crippen molar-refractivity contribution in [2.75, 3.05) is 6.61 Å². The molecule has 0 fully saturated rings. The summed E-state index contributed by atoms with van der Waals surface area (Å²) in [5, 5.41) is 23.9. The van der Waals surface area contributed by atoms with Gasteiger partial charge in [0, 0.05) is 6.42 Å². The Hall–Kier alpha value is -1.92. The lowest BCUT2D eigenvalue weighted by Crippen LogP contribution is -2.46. The quantitative estimate of drug-likeness (QED) is 0.0321. The number of allylic oxidation sites excluding steroid dienone is 6. The molecule has 0 aromatic carbocycles. The van der Waals surface area contributed by atoms with Crippen LogP contribution < -0.4 is 5.32 Å². The highest BCUT2D eigenvalue weighted by Gasteiger charge is 2.24. The van der Waals surface area contributed by atoms with Crippen LogP contribution in [-0.2, 0) is 14.3 Å². The maximum Gasteiger partial charge on any atom is 0.306 e. The van der Waals surface area contributed by atoms with E-state index in [0.29, 0.717) is 19.3 Å². The molecule has 0 bridgehead atoms. The molecule has 0 spiro atoms. The van der Waals surface area contributed by atoms with E-state index >= 15 is 0 Å². The first-order chi connectivity index (χ1) is 31.5. The van der Waals surface area contributed by atoms with Crippen LogP contribution in [0.25, 0.3) is 0 Å². The van der Waals surface area contributed by atoms with Crippen LogP contribution >= 0.6 is 0 Å². The molecule has 376 valence electrons. The third kappa shape index (κ3) is 46.6. The second kappa shape index (κ2) is 52.1. The highest BCUT2D eigenvalue weighted by Crippen LogP contribution is 2.18. The van der Waals surface area contributed by atoms with Crippen molar-refractivity contribution in [2.24, 2.45) is 0 Å². The maximum absolute atomic E-state index is 13.2. The van der Waals surface area contributed by atoms with Crippen LogP contribution in [0.2, 0.25) is 0 Å². The Balaban J connectivity index is 4.52. The Labute approximate surface area is 398 Å². The molecule has 0 aliphatic carbocycles. The number of amides is 1. The Morgan fingerprint density at radius 2 is 0.844 bits per heavy atom. The summed E-state index contributed by atoms with van der Waals surface area (Å²) < 4.78 is 5.94. The van der Waals surface area contributed by atoms with E-state index in [1.807, 2.05) is 0 Å². The second-order valence-electron chi connectivity index (χ2n) is 19.3. The van der Waals surface area contributed by atoms with Gasteiger partial charge in [0.15, 0.2) is 0 Å². The minimum absolute atomic E-state index is 0.0665. The van der Waals surface area contributed by atoms with Crippen LogP contribution in [0.4, 0.5) is 0 Å². The largest absolute Gasteiger partial charge is 0.462 e. The van der Waals surface area contributed by atoms with Gasteiger partial charge in [-0.25, -0.2) is 0 Å². The average Bonchev–Trinajstić information content (AvgIpc) is 3.29. The van der Waals surface area contributed by atoms with Crippen LogP contribution in [0, 0.1) is 0 Å². The molecule has 0 heterocycles. The zero-order chi connectivity index (χ0) is 46.7. The standard InChI is InChI=1S/C58H109NO5/c1-4-7-10-13-16-19-22-25-28-29-30-32-35-38-41-44-47-50-56(61)55(53-60)59-57(62)52-54(49-46-43-40-37-34-31-26-23-20-17-14-11-8-5-2)64-58(63)51-48-45-42-39-36-33-27-24-21-18-15-12-9-6-3/h9,12,18,21,31,34,54-56,60-61H,4-8,10-11,13-17,19-20,22-30,32-33,35-53H2,1-3H3,(H,59,62)/b12-9+,21-18+,34-31+. The van der Waals surface area contributed by atoms with E-state index in [1.54, 1.807) is 0 Å². The summed E-state index contributed by atoms with van der Waals surface area (Å²) in [4.78, 5) is 26.2. The van der Waals surface area contributed by atoms with Crippen molar-refractivity contribution in [3.05, 3.63) is 36.5 Å². The normalized spacial score (nSPS) is 13.4. The molecule has 0 saturated carbocycles. The summed E-state index contributed by atoms with van der Waals surface area (Å²) in [7, 11) is 0. The van der Waals surface area contributed by atoms with Crippen molar-refractivity contribution in [1.29, 1.82) is 0 Å². The van der Waals surface area contributed by atoms with Crippen LogP contribution in [-0.4, -0.2) is 46.9 Å². The van der Waals surface area contributed by atoms with E-state index in [2.05, 4.69) is 62.5 Å². The monoisotopic (exact) mass is 900 g/mol. The number of aliphatic hydroxyl groups excluding tert-OH is 2. The van der Waals surface area contributed by atoms with Gasteiger partial charge in [-0.1, -0.05) is 243 Å². The molecule has 3 unspecified atom stereocenters. The summed E-state index contributed by atoms with van der Waals surface area (Å²) >= 11 is 0. The van der Waals surface area contributed by atoms with E-state index in [9.17, 15) is 19.8 Å². The molecular weight excluding hydrogens is 791 g/mol. The fourth-order valence-corrected chi connectivity index (χ4v) is 8.70. The van der Waals surface area contributed by atoms with E-state index < -0.39 is 18.2 Å². The van der Waals surface area contributed by atoms with E-state index in [0.717, 1.165) is 77.0 Å². The predicted octanol–water partition coefficient (Wildman–Crippen LogP) is 17.2. The van der Waals surface area contributed by atoms with Crippen molar-refractivity contribution in [1.82, 2.24) is 5.32 Å². The number of carbonyl (C=O) groups is 2. The summed E-state index contributed by atoms with van der Waals surface area (Å²) in [6.45, 7) is 6.40. The van der Waals surface area contributed by atoms with Gasteiger partial charge in [0.25, 0.3) is 0 Å². The average molecular weight is 901 g/mol. The molecule has 6 heteroatoms. The fraction of sp³-hybridized carbons (Fsp3) is 0.862. The highest BCUT2D eigenvalue weighted by molar-refractivity contribution is 5.77. The molecule has 0 radical (unpaired) electrons. The molecule has 6 nitrogen and oxygen atoms in total. The number of unbranched alkanes of at least 4 members (excludes halogenated alkanes) is 33. The molecule has 0 aromatic rings. The molecule has 0 aliphatic heterocycles. The van der Waals surface area contributed by atoms with Gasteiger partial charge < -0.3 is 20.3 Å². The minimum atomic E-state index is -0.792. The molecule has 3 N–H and O–H groups in total. The lowest BCUT2D eigenvalue weighted by Gasteiger charge is -2.24. The van der Waals surface area contributed by atoms with E-state index in [4.69, 9.17) is 4.74 Å². The third-order valence-electron chi connectivity index (χ3n) is 13.0. The molecular formula is C58H109NO5. The molecule has 64 heavy (non-hydrogen) atoms. The van der Waals surface area contributed by atoms with Crippen molar-refractivity contribution in [3.63, 3.8) is 0 Å². The van der Waals surface area contributed by atoms with Crippen molar-refractivity contribution < 1.29 is 24.5 Å². The smallest absolute Gasteiger partial charge is 0.306 e. The van der Waals surface area contributed by atoms with E-state index in [-0.39, 0.29) is 24.9 Å². The van der Waals surface area contributed by atoms with Crippen LogP contribution in [0.5, 0.6) is 0 Å². The second-order valence-corrected chi connectivity index (χ2v) is 19.3. The minimum Gasteiger partial charge on any atom is -0.462 e. The van der Waals surface area contributed by atoms with E-state index in [1.165, 1.54) is 173 Å².